The van der Waals surface area contributed by atoms with Crippen molar-refractivity contribution in [2.45, 2.75) is 24.2 Å². The highest BCUT2D eigenvalue weighted by Crippen LogP contribution is 2.38. The van der Waals surface area contributed by atoms with Crippen molar-refractivity contribution in [2.75, 3.05) is 17.1 Å². The number of nitrogens with zero attached hydrogens (tertiary/aromatic N) is 1. The highest BCUT2D eigenvalue weighted by molar-refractivity contribution is 7.92. The molecule has 0 spiro atoms. The maximum Gasteiger partial charge on any atom is 0.261 e. The van der Waals surface area contributed by atoms with Crippen molar-refractivity contribution in [1.82, 2.24) is 0 Å². The molecule has 0 aliphatic heterocycles. The molecule has 1 aliphatic rings. The third kappa shape index (κ3) is 4.26. The van der Waals surface area contributed by atoms with E-state index in [0.29, 0.717) is 27.6 Å². The number of ether oxygens (including phenoxy) is 1. The van der Waals surface area contributed by atoms with Gasteiger partial charge < -0.3 is 10.1 Å². The van der Waals surface area contributed by atoms with Gasteiger partial charge in [0, 0.05) is 16.1 Å². The molecule has 0 saturated carbocycles. The van der Waals surface area contributed by atoms with E-state index in [9.17, 15) is 18.5 Å². The van der Waals surface area contributed by atoms with Gasteiger partial charge in [0.15, 0.2) is 0 Å². The van der Waals surface area contributed by atoms with E-state index in [-0.39, 0.29) is 10.8 Å². The van der Waals surface area contributed by atoms with E-state index in [2.05, 4.69) is 16.1 Å². The first-order valence-electron chi connectivity index (χ1n) is 9.54. The fraction of sp³-hybridized carbons (Fsp3) is 0.182. The van der Waals surface area contributed by atoms with Gasteiger partial charge in [0.2, 0.25) is 0 Å². The van der Waals surface area contributed by atoms with Crippen LogP contribution in [-0.4, -0.2) is 21.4 Å². The molecule has 1 heterocycles. The van der Waals surface area contributed by atoms with Crippen LogP contribution in [0.1, 0.15) is 32.8 Å². The van der Waals surface area contributed by atoms with Crippen molar-refractivity contribution >= 4 is 38.0 Å². The summed E-state index contributed by atoms with van der Waals surface area (Å²) in [6.45, 7) is 0. The molecule has 31 heavy (non-hydrogen) atoms. The minimum absolute atomic E-state index is 0.102. The molecule has 0 fully saturated rings. The van der Waals surface area contributed by atoms with Crippen LogP contribution in [0.4, 0.5) is 10.7 Å². The minimum atomic E-state index is -3.77. The maximum atomic E-state index is 12.6. The Morgan fingerprint density at radius 1 is 1.10 bits per heavy atom. The third-order valence-electron chi connectivity index (χ3n) is 5.03. The lowest BCUT2D eigenvalue weighted by molar-refractivity contribution is 0.102. The number of rotatable bonds is 6. The fourth-order valence-electron chi connectivity index (χ4n) is 3.44. The van der Waals surface area contributed by atoms with Gasteiger partial charge in [0.25, 0.3) is 15.9 Å². The Bertz CT molecular complexity index is 1270. The SMILES string of the molecule is COc1ccc(S(=O)(=O)Nc2ccc(C(=O)Nc3sc4c(c3C#N)CCC4)cc2)cc1. The smallest absolute Gasteiger partial charge is 0.261 e. The van der Waals surface area contributed by atoms with Gasteiger partial charge in [-0.3, -0.25) is 9.52 Å². The summed E-state index contributed by atoms with van der Waals surface area (Å²) in [6.07, 6.45) is 2.85. The number of hydrogen-bond donors (Lipinski definition) is 2. The highest BCUT2D eigenvalue weighted by atomic mass is 32.2. The van der Waals surface area contributed by atoms with E-state index in [1.165, 1.54) is 54.8 Å². The predicted octanol–water partition coefficient (Wildman–Crippen LogP) is 4.17. The zero-order valence-corrected chi connectivity index (χ0v) is 18.3. The number of fused-ring (bicyclic) bond motifs is 1. The largest absolute Gasteiger partial charge is 0.497 e. The molecule has 1 aliphatic carbocycles. The molecule has 1 aromatic heterocycles. The molecular formula is C22H19N3O4S2. The van der Waals surface area contributed by atoms with Gasteiger partial charge in [0.05, 0.1) is 17.6 Å². The van der Waals surface area contributed by atoms with E-state index in [1.807, 2.05) is 0 Å². The number of hydrogen-bond acceptors (Lipinski definition) is 6. The Kier molecular flexibility index (Phi) is 5.67. The predicted molar refractivity (Wildman–Crippen MR) is 119 cm³/mol. The van der Waals surface area contributed by atoms with Crippen LogP contribution in [-0.2, 0) is 22.9 Å². The van der Waals surface area contributed by atoms with Crippen LogP contribution in [0.15, 0.2) is 53.4 Å². The second-order valence-corrected chi connectivity index (χ2v) is 9.77. The van der Waals surface area contributed by atoms with E-state index in [4.69, 9.17) is 4.74 Å². The number of thiophene rings is 1. The summed E-state index contributed by atoms with van der Waals surface area (Å²) < 4.78 is 32.6. The van der Waals surface area contributed by atoms with Crippen molar-refractivity contribution in [3.8, 4) is 11.8 Å². The average Bonchev–Trinajstić information content (AvgIpc) is 3.34. The molecule has 0 atom stereocenters. The standard InChI is InChI=1S/C22H19N3O4S2/c1-29-16-9-11-17(12-10-16)31(27,28)25-15-7-5-14(6-8-15)21(26)24-22-19(13-23)18-3-2-4-20(18)30-22/h5-12,25H,2-4H2,1H3,(H,24,26). The fourth-order valence-corrected chi connectivity index (χ4v) is 5.74. The molecular weight excluding hydrogens is 434 g/mol. The van der Waals surface area contributed by atoms with Crippen molar-refractivity contribution in [1.29, 1.82) is 5.26 Å². The summed E-state index contributed by atoms with van der Waals surface area (Å²) in [6, 6.07) is 14.4. The van der Waals surface area contributed by atoms with Crippen LogP contribution >= 0.6 is 11.3 Å². The first-order chi connectivity index (χ1) is 14.9. The average molecular weight is 454 g/mol. The Labute approximate surface area is 184 Å². The summed E-state index contributed by atoms with van der Waals surface area (Å²) in [5.41, 5.74) is 2.30. The van der Waals surface area contributed by atoms with Crippen LogP contribution in [0.5, 0.6) is 5.75 Å². The Hall–Kier alpha value is -3.35. The Balaban J connectivity index is 1.47. The second kappa shape index (κ2) is 8.41. The maximum absolute atomic E-state index is 12.6. The molecule has 2 N–H and O–H groups in total. The molecule has 0 radical (unpaired) electrons. The molecule has 4 rings (SSSR count). The molecule has 7 nitrogen and oxygen atoms in total. The number of carbonyl (C=O) groups is 1. The summed E-state index contributed by atoms with van der Waals surface area (Å²) in [5, 5.41) is 12.8. The van der Waals surface area contributed by atoms with Crippen LogP contribution < -0.4 is 14.8 Å². The van der Waals surface area contributed by atoms with Gasteiger partial charge in [0.1, 0.15) is 16.8 Å². The minimum Gasteiger partial charge on any atom is -0.497 e. The Morgan fingerprint density at radius 2 is 1.81 bits per heavy atom. The third-order valence-corrected chi connectivity index (χ3v) is 7.63. The number of benzene rings is 2. The summed E-state index contributed by atoms with van der Waals surface area (Å²) >= 11 is 1.45. The molecule has 0 saturated heterocycles. The number of nitriles is 1. The second-order valence-electron chi connectivity index (χ2n) is 6.99. The van der Waals surface area contributed by atoms with Gasteiger partial charge in [-0.05, 0) is 73.4 Å². The number of aryl methyl sites for hydroxylation is 1. The lowest BCUT2D eigenvalue weighted by atomic mass is 10.1. The monoisotopic (exact) mass is 453 g/mol. The first-order valence-corrected chi connectivity index (χ1v) is 11.8. The molecule has 3 aromatic rings. The lowest BCUT2D eigenvalue weighted by Gasteiger charge is -2.10. The van der Waals surface area contributed by atoms with Crippen molar-refractivity contribution in [3.05, 3.63) is 70.1 Å². The van der Waals surface area contributed by atoms with E-state index in [1.54, 1.807) is 12.1 Å². The van der Waals surface area contributed by atoms with Gasteiger partial charge in [-0.1, -0.05) is 0 Å². The topological polar surface area (TPSA) is 108 Å². The van der Waals surface area contributed by atoms with Crippen LogP contribution in [0, 0.1) is 11.3 Å². The molecule has 2 aromatic carbocycles. The molecule has 0 unspecified atom stereocenters. The van der Waals surface area contributed by atoms with Gasteiger partial charge in [-0.15, -0.1) is 11.3 Å². The van der Waals surface area contributed by atoms with Gasteiger partial charge in [-0.2, -0.15) is 5.26 Å². The van der Waals surface area contributed by atoms with Crippen molar-refractivity contribution in [2.24, 2.45) is 0 Å². The molecule has 9 heteroatoms. The van der Waals surface area contributed by atoms with Crippen LogP contribution in [0.2, 0.25) is 0 Å². The number of nitrogens with one attached hydrogen (secondary N) is 2. The first kappa shape index (κ1) is 20.9. The summed E-state index contributed by atoms with van der Waals surface area (Å²) in [4.78, 5) is 13.9. The quantitative estimate of drug-likeness (QED) is 0.582. The van der Waals surface area contributed by atoms with E-state index < -0.39 is 10.0 Å². The molecule has 0 bridgehead atoms. The number of methoxy groups -OCH3 is 1. The van der Waals surface area contributed by atoms with Gasteiger partial charge >= 0.3 is 0 Å². The number of amides is 1. The Morgan fingerprint density at radius 3 is 2.45 bits per heavy atom. The number of carbonyl (C=O) groups excluding carboxylic acids is 1. The van der Waals surface area contributed by atoms with Gasteiger partial charge in [-0.25, -0.2) is 8.42 Å². The van der Waals surface area contributed by atoms with Crippen molar-refractivity contribution < 1.29 is 17.9 Å². The van der Waals surface area contributed by atoms with Crippen LogP contribution in [0.25, 0.3) is 0 Å². The summed E-state index contributed by atoms with van der Waals surface area (Å²) in [5.74, 6) is 0.214. The molecule has 158 valence electrons. The zero-order chi connectivity index (χ0) is 22.0. The van der Waals surface area contributed by atoms with Crippen molar-refractivity contribution in [3.63, 3.8) is 0 Å². The zero-order valence-electron chi connectivity index (χ0n) is 16.6. The van der Waals surface area contributed by atoms with E-state index >= 15 is 0 Å². The number of anilines is 2. The number of sulfonamides is 1. The highest BCUT2D eigenvalue weighted by Gasteiger charge is 2.23. The van der Waals surface area contributed by atoms with Crippen LogP contribution in [0.3, 0.4) is 0 Å². The summed E-state index contributed by atoms with van der Waals surface area (Å²) in [7, 11) is -2.26. The normalized spacial score (nSPS) is 12.6. The molecule has 1 amide bonds. The van der Waals surface area contributed by atoms with E-state index in [0.717, 1.165) is 29.7 Å². The lowest BCUT2D eigenvalue weighted by Crippen LogP contribution is -2.14.